The number of nitrogens with zero attached hydrogens (tertiary/aromatic N) is 4. The maximum Gasteiger partial charge on any atom is 0.170 e. The topological polar surface area (TPSA) is 49.5 Å². The van der Waals surface area contributed by atoms with Gasteiger partial charge >= 0.3 is 0 Å². The number of hydrogen-bond donors (Lipinski definition) is 0. The highest BCUT2D eigenvalue weighted by molar-refractivity contribution is 6.32. The van der Waals surface area contributed by atoms with Gasteiger partial charge in [0.25, 0.3) is 0 Å². The van der Waals surface area contributed by atoms with Crippen LogP contribution < -0.4 is 9.64 Å². The van der Waals surface area contributed by atoms with E-state index in [2.05, 4.69) is 34.3 Å². The molecule has 0 saturated carbocycles. The van der Waals surface area contributed by atoms with Crippen LogP contribution in [0.15, 0.2) is 155 Å². The minimum Gasteiger partial charge on any atom is -0.481 e. The summed E-state index contributed by atoms with van der Waals surface area (Å²) < 4.78 is 6.70. The zero-order valence-electron chi connectivity index (χ0n) is 21.0. The minimum atomic E-state index is -0.614. The third-order valence-electron chi connectivity index (χ3n) is 6.43. The van der Waals surface area contributed by atoms with Crippen molar-refractivity contribution in [3.63, 3.8) is 0 Å². The molecule has 1 aliphatic rings. The minimum absolute atomic E-state index is 0.505. The van der Waals surface area contributed by atoms with Crippen molar-refractivity contribution in [2.75, 3.05) is 4.90 Å². The zero-order valence-corrected chi connectivity index (χ0v) is 21.8. The molecule has 1 heterocycles. The number of ether oxygens (including phenoxy) is 1. The van der Waals surface area contributed by atoms with Crippen molar-refractivity contribution in [2.45, 2.75) is 12.1 Å². The molecule has 5 aromatic carbocycles. The number of benzene rings is 5. The van der Waals surface area contributed by atoms with Crippen molar-refractivity contribution in [3.8, 4) is 5.75 Å². The van der Waals surface area contributed by atoms with Crippen molar-refractivity contribution < 1.29 is 4.74 Å². The van der Waals surface area contributed by atoms with E-state index in [0.29, 0.717) is 22.3 Å². The summed E-state index contributed by atoms with van der Waals surface area (Å²) >= 11 is 6.47. The summed E-state index contributed by atoms with van der Waals surface area (Å²) in [6.45, 7) is 0. The van der Waals surface area contributed by atoms with E-state index in [-0.39, 0.29) is 0 Å². The summed E-state index contributed by atoms with van der Waals surface area (Å²) in [5.74, 6) is 1.36. The van der Waals surface area contributed by atoms with Gasteiger partial charge in [-0.2, -0.15) is 10.2 Å². The molecule has 0 radical (unpaired) electrons. The van der Waals surface area contributed by atoms with Crippen molar-refractivity contribution >= 4 is 40.2 Å². The number of hydrogen-bond acceptors (Lipinski definition) is 5. The SMILES string of the molecule is Clc1ccccc1N=NC1C(N(c2ccccc2)c2ccccc2)=Nc2ccccc2OC1c1ccccc1. The Morgan fingerprint density at radius 2 is 1.21 bits per heavy atom. The number of amidine groups is 1. The Morgan fingerprint density at radius 3 is 1.87 bits per heavy atom. The van der Waals surface area contributed by atoms with Crippen LogP contribution >= 0.6 is 11.6 Å². The number of halogens is 1. The largest absolute Gasteiger partial charge is 0.481 e. The van der Waals surface area contributed by atoms with Crippen LogP contribution in [0.1, 0.15) is 11.7 Å². The van der Waals surface area contributed by atoms with E-state index < -0.39 is 12.1 Å². The Bertz CT molecular complexity index is 1570. The second-order valence-corrected chi connectivity index (χ2v) is 9.41. The van der Waals surface area contributed by atoms with Gasteiger partial charge in [-0.3, -0.25) is 4.90 Å². The molecular weight excluding hydrogens is 504 g/mol. The summed E-state index contributed by atoms with van der Waals surface area (Å²) in [5, 5.41) is 10.1. The molecule has 190 valence electrons. The monoisotopic (exact) mass is 528 g/mol. The van der Waals surface area contributed by atoms with Crippen molar-refractivity contribution in [2.24, 2.45) is 15.2 Å². The quantitative estimate of drug-likeness (QED) is 0.213. The van der Waals surface area contributed by atoms with Gasteiger partial charge in [-0.05, 0) is 54.1 Å². The van der Waals surface area contributed by atoms with E-state index >= 15 is 0 Å². The van der Waals surface area contributed by atoms with Gasteiger partial charge in [0.05, 0.1) is 5.02 Å². The molecular formula is C33H25ClN4O. The fourth-order valence-corrected chi connectivity index (χ4v) is 4.76. The first-order chi connectivity index (χ1) is 19.3. The van der Waals surface area contributed by atoms with Gasteiger partial charge in [0.15, 0.2) is 12.1 Å². The Balaban J connectivity index is 1.60. The molecule has 2 atom stereocenters. The summed E-state index contributed by atoms with van der Waals surface area (Å²) in [6.07, 6.45) is -0.505. The Kier molecular flexibility index (Phi) is 7.15. The van der Waals surface area contributed by atoms with Crippen molar-refractivity contribution in [1.29, 1.82) is 0 Å². The molecule has 0 amide bonds. The molecule has 5 nitrogen and oxygen atoms in total. The van der Waals surface area contributed by atoms with Crippen LogP contribution in [0.3, 0.4) is 0 Å². The van der Waals surface area contributed by atoms with Gasteiger partial charge in [0.1, 0.15) is 23.0 Å². The average molecular weight is 529 g/mol. The van der Waals surface area contributed by atoms with Crippen LogP contribution in [0.25, 0.3) is 0 Å². The van der Waals surface area contributed by atoms with Crippen molar-refractivity contribution in [3.05, 3.63) is 150 Å². The molecule has 0 N–H and O–H groups in total. The summed E-state index contributed by atoms with van der Waals surface area (Å²) in [6, 6.07) is 45.0. The first-order valence-corrected chi connectivity index (χ1v) is 13.1. The predicted octanol–water partition coefficient (Wildman–Crippen LogP) is 9.49. The molecule has 0 fully saturated rings. The van der Waals surface area contributed by atoms with E-state index in [9.17, 15) is 0 Å². The van der Waals surface area contributed by atoms with Crippen LogP contribution in [-0.4, -0.2) is 11.9 Å². The van der Waals surface area contributed by atoms with Crippen LogP contribution in [0.4, 0.5) is 22.7 Å². The van der Waals surface area contributed by atoms with Gasteiger partial charge in [0.2, 0.25) is 0 Å². The average Bonchev–Trinajstić information content (AvgIpc) is 3.15. The lowest BCUT2D eigenvalue weighted by Gasteiger charge is -2.31. The lowest BCUT2D eigenvalue weighted by molar-refractivity contribution is 0.198. The number of aliphatic imine (C=N–C) groups is 1. The van der Waals surface area contributed by atoms with Crippen LogP contribution in [-0.2, 0) is 0 Å². The summed E-state index contributed by atoms with van der Waals surface area (Å²) in [4.78, 5) is 7.34. The second kappa shape index (κ2) is 11.3. The van der Waals surface area contributed by atoms with Gasteiger partial charge in [-0.1, -0.05) is 103 Å². The molecule has 0 aliphatic carbocycles. The van der Waals surface area contributed by atoms with Gasteiger partial charge in [0, 0.05) is 11.4 Å². The first kappa shape index (κ1) is 24.6. The molecule has 1 aliphatic heterocycles. The third-order valence-corrected chi connectivity index (χ3v) is 6.75. The highest BCUT2D eigenvalue weighted by Gasteiger charge is 2.37. The normalized spacial score (nSPS) is 16.6. The highest BCUT2D eigenvalue weighted by atomic mass is 35.5. The Labute approximate surface area is 232 Å². The van der Waals surface area contributed by atoms with E-state index in [1.165, 1.54) is 0 Å². The molecule has 39 heavy (non-hydrogen) atoms. The standard InChI is InChI=1S/C33H25ClN4O/c34-27-20-10-11-21-28(27)36-37-31-32(24-14-4-1-5-15-24)39-30-23-13-12-22-29(30)35-33(31)38(25-16-6-2-7-17-25)26-18-8-3-9-19-26/h1-23,31-32H. The van der Waals surface area contributed by atoms with E-state index in [1.807, 2.05) is 109 Å². The number of azo groups is 1. The molecule has 6 heteroatoms. The third kappa shape index (κ3) is 5.31. The molecule has 0 bridgehead atoms. The maximum atomic E-state index is 6.70. The molecule has 5 aromatic rings. The fourth-order valence-electron chi connectivity index (χ4n) is 4.59. The number of rotatable bonds is 5. The van der Waals surface area contributed by atoms with Gasteiger partial charge < -0.3 is 4.74 Å². The molecule has 0 spiro atoms. The van der Waals surface area contributed by atoms with Crippen LogP contribution in [0.5, 0.6) is 5.75 Å². The molecule has 6 rings (SSSR count). The van der Waals surface area contributed by atoms with Crippen LogP contribution in [0.2, 0.25) is 5.02 Å². The van der Waals surface area contributed by atoms with E-state index in [1.54, 1.807) is 6.07 Å². The van der Waals surface area contributed by atoms with Crippen LogP contribution in [0, 0.1) is 0 Å². The Hall–Kier alpha value is -4.74. The summed E-state index contributed by atoms with van der Waals surface area (Å²) in [5.41, 5.74) is 4.17. The first-order valence-electron chi connectivity index (χ1n) is 12.7. The zero-order chi connectivity index (χ0) is 26.4. The molecule has 0 saturated heterocycles. The van der Waals surface area contributed by atoms with Gasteiger partial charge in [-0.15, -0.1) is 0 Å². The fraction of sp³-hybridized carbons (Fsp3) is 0.0606. The van der Waals surface area contributed by atoms with E-state index in [4.69, 9.17) is 26.4 Å². The smallest absolute Gasteiger partial charge is 0.170 e. The Morgan fingerprint density at radius 1 is 0.641 bits per heavy atom. The maximum absolute atomic E-state index is 6.70. The number of para-hydroxylation sites is 4. The molecule has 0 aromatic heterocycles. The molecule has 2 unspecified atom stereocenters. The second-order valence-electron chi connectivity index (χ2n) is 9.01. The lowest BCUT2D eigenvalue weighted by Crippen LogP contribution is -2.39. The predicted molar refractivity (Wildman–Crippen MR) is 158 cm³/mol. The van der Waals surface area contributed by atoms with Gasteiger partial charge in [-0.25, -0.2) is 4.99 Å². The highest BCUT2D eigenvalue weighted by Crippen LogP contribution is 2.41. The number of fused-ring (bicyclic) bond motifs is 1. The van der Waals surface area contributed by atoms with E-state index in [0.717, 1.165) is 22.6 Å². The lowest BCUT2D eigenvalue weighted by atomic mass is 10.00. The van der Waals surface area contributed by atoms with Crippen molar-refractivity contribution in [1.82, 2.24) is 0 Å². The summed E-state index contributed by atoms with van der Waals surface area (Å²) in [7, 11) is 0. The number of anilines is 2.